The maximum absolute atomic E-state index is 3.29. The molecule has 0 bridgehead atoms. The first-order chi connectivity index (χ1) is 6.27. The van der Waals surface area contributed by atoms with E-state index in [1.807, 2.05) is 0 Å². The van der Waals surface area contributed by atoms with Gasteiger partial charge in [-0.15, -0.1) is 0 Å². The fourth-order valence-corrected chi connectivity index (χ4v) is 2.08. The summed E-state index contributed by atoms with van der Waals surface area (Å²) in [4.78, 5) is 3.29. The van der Waals surface area contributed by atoms with E-state index in [0.717, 1.165) is 6.42 Å². The molecule has 1 N–H and O–H groups in total. The van der Waals surface area contributed by atoms with Crippen molar-refractivity contribution in [3.63, 3.8) is 0 Å². The highest BCUT2D eigenvalue weighted by Crippen LogP contribution is 2.20. The van der Waals surface area contributed by atoms with Crippen molar-refractivity contribution in [1.82, 2.24) is 4.98 Å². The molecule has 1 aromatic carbocycles. The van der Waals surface area contributed by atoms with Gasteiger partial charge < -0.3 is 4.98 Å². The van der Waals surface area contributed by atoms with Crippen molar-refractivity contribution >= 4 is 33.5 Å². The Morgan fingerprint density at radius 2 is 2.15 bits per heavy atom. The number of rotatable bonds is 2. The van der Waals surface area contributed by atoms with Gasteiger partial charge in [0.2, 0.25) is 0 Å². The van der Waals surface area contributed by atoms with Crippen LogP contribution in [0.25, 0.3) is 10.9 Å². The summed E-state index contributed by atoms with van der Waals surface area (Å²) >= 11 is 2.46. The summed E-state index contributed by atoms with van der Waals surface area (Å²) in [7, 11) is 0. The molecular weight excluding hydrogens is 273 g/mol. The fraction of sp³-hybridized carbons (Fsp3) is 0.273. The molecule has 0 aliphatic heterocycles. The van der Waals surface area contributed by atoms with Crippen LogP contribution in [0.1, 0.15) is 12.5 Å². The maximum atomic E-state index is 3.29. The lowest BCUT2D eigenvalue weighted by atomic mass is 10.1. The van der Waals surface area contributed by atoms with Crippen LogP contribution in [0.3, 0.4) is 0 Å². The third kappa shape index (κ3) is 1.88. The van der Waals surface area contributed by atoms with E-state index in [9.17, 15) is 0 Å². The number of benzene rings is 1. The first kappa shape index (κ1) is 9.06. The molecule has 0 saturated heterocycles. The highest BCUT2D eigenvalue weighted by atomic mass is 127. The molecule has 2 rings (SSSR count). The van der Waals surface area contributed by atoms with Gasteiger partial charge in [-0.3, -0.25) is 0 Å². The second kappa shape index (κ2) is 3.70. The number of nitrogens with one attached hydrogen (secondary N) is 1. The van der Waals surface area contributed by atoms with E-state index in [2.05, 4.69) is 65.0 Å². The molecule has 2 heteroatoms. The summed E-state index contributed by atoms with van der Waals surface area (Å²) in [5.74, 6) is 0. The van der Waals surface area contributed by atoms with Crippen LogP contribution in [0.4, 0.5) is 0 Å². The Balaban J connectivity index is 2.46. The lowest BCUT2D eigenvalue weighted by Crippen LogP contribution is -1.94. The first-order valence-electron chi connectivity index (χ1n) is 4.46. The Morgan fingerprint density at radius 1 is 1.38 bits per heavy atom. The second-order valence-electron chi connectivity index (χ2n) is 3.34. The molecule has 2 aromatic rings. The number of halogens is 1. The smallest absolute Gasteiger partial charge is 0.0456 e. The van der Waals surface area contributed by atoms with Crippen molar-refractivity contribution < 1.29 is 0 Å². The van der Waals surface area contributed by atoms with E-state index < -0.39 is 0 Å². The van der Waals surface area contributed by atoms with Crippen LogP contribution in [0, 0.1) is 0 Å². The summed E-state index contributed by atoms with van der Waals surface area (Å²) in [6, 6.07) is 8.46. The molecule has 0 aliphatic carbocycles. The molecule has 0 spiro atoms. The zero-order chi connectivity index (χ0) is 9.26. The number of aromatic amines is 1. The third-order valence-electron chi connectivity index (χ3n) is 2.18. The molecule has 13 heavy (non-hydrogen) atoms. The van der Waals surface area contributed by atoms with Gasteiger partial charge in [0.05, 0.1) is 0 Å². The molecule has 0 fully saturated rings. The molecule has 1 nitrogen and oxygen atoms in total. The van der Waals surface area contributed by atoms with Gasteiger partial charge in [-0.05, 0) is 18.1 Å². The molecule has 0 amide bonds. The Kier molecular flexibility index (Phi) is 2.58. The van der Waals surface area contributed by atoms with Crippen LogP contribution < -0.4 is 0 Å². The normalized spacial score (nSPS) is 13.4. The number of aromatic nitrogens is 1. The van der Waals surface area contributed by atoms with Crippen LogP contribution in [0.15, 0.2) is 30.5 Å². The molecule has 1 aromatic heterocycles. The van der Waals surface area contributed by atoms with Crippen molar-refractivity contribution in [1.29, 1.82) is 0 Å². The lowest BCUT2D eigenvalue weighted by Gasteiger charge is -2.00. The molecule has 0 saturated carbocycles. The van der Waals surface area contributed by atoms with Gasteiger partial charge >= 0.3 is 0 Å². The maximum Gasteiger partial charge on any atom is 0.0456 e. The summed E-state index contributed by atoms with van der Waals surface area (Å²) in [6.45, 7) is 2.24. The SMILES string of the molecule is C[C@H](I)Cc1c[nH]c2ccccc12. The van der Waals surface area contributed by atoms with Gasteiger partial charge in [-0.1, -0.05) is 47.7 Å². The number of hydrogen-bond acceptors (Lipinski definition) is 0. The summed E-state index contributed by atoms with van der Waals surface area (Å²) < 4.78 is 0.691. The highest BCUT2D eigenvalue weighted by molar-refractivity contribution is 14.1. The summed E-state index contributed by atoms with van der Waals surface area (Å²) in [5.41, 5.74) is 2.67. The van der Waals surface area contributed by atoms with E-state index in [0.29, 0.717) is 3.92 Å². The zero-order valence-corrected chi connectivity index (χ0v) is 9.71. The van der Waals surface area contributed by atoms with Crippen LogP contribution in [0.5, 0.6) is 0 Å². The molecule has 1 atom stereocenters. The second-order valence-corrected chi connectivity index (χ2v) is 5.47. The number of hydrogen-bond donors (Lipinski definition) is 1. The molecule has 1 heterocycles. The first-order valence-corrected chi connectivity index (χ1v) is 5.71. The molecule has 0 unspecified atom stereocenters. The largest absolute Gasteiger partial charge is 0.361 e. The minimum atomic E-state index is 0.691. The van der Waals surface area contributed by atoms with E-state index >= 15 is 0 Å². The van der Waals surface area contributed by atoms with E-state index in [1.54, 1.807) is 0 Å². The predicted octanol–water partition coefficient (Wildman–Crippen LogP) is 3.53. The fourth-order valence-electron chi connectivity index (χ4n) is 1.60. The van der Waals surface area contributed by atoms with Crippen LogP contribution >= 0.6 is 22.6 Å². The Morgan fingerprint density at radius 3 is 2.92 bits per heavy atom. The third-order valence-corrected chi connectivity index (χ3v) is 2.62. The van der Waals surface area contributed by atoms with Crippen molar-refractivity contribution in [2.45, 2.75) is 17.3 Å². The van der Waals surface area contributed by atoms with Crippen LogP contribution in [-0.4, -0.2) is 8.91 Å². The van der Waals surface area contributed by atoms with Gasteiger partial charge in [-0.2, -0.15) is 0 Å². The average molecular weight is 285 g/mol. The van der Waals surface area contributed by atoms with E-state index in [-0.39, 0.29) is 0 Å². The van der Waals surface area contributed by atoms with Crippen molar-refractivity contribution in [3.8, 4) is 0 Å². The standard InChI is InChI=1S/C11H12IN/c1-8(12)6-9-7-13-11-5-3-2-4-10(9)11/h2-5,7-8,13H,6H2,1H3/t8-/m0/s1. The zero-order valence-electron chi connectivity index (χ0n) is 7.55. The number of H-pyrrole nitrogens is 1. The minimum Gasteiger partial charge on any atom is -0.361 e. The summed E-state index contributed by atoms with van der Waals surface area (Å²) in [6.07, 6.45) is 3.27. The Labute approximate surface area is 91.7 Å². The Hall–Kier alpha value is -0.510. The quantitative estimate of drug-likeness (QED) is 0.641. The Bertz CT molecular complexity index is 403. The summed E-state index contributed by atoms with van der Waals surface area (Å²) in [5, 5.41) is 1.37. The highest BCUT2D eigenvalue weighted by Gasteiger charge is 2.04. The van der Waals surface area contributed by atoms with Crippen molar-refractivity contribution in [2.75, 3.05) is 0 Å². The molecular formula is C11H12IN. The predicted molar refractivity (Wildman–Crippen MR) is 65.5 cm³/mol. The van der Waals surface area contributed by atoms with Gasteiger partial charge in [-0.25, -0.2) is 0 Å². The minimum absolute atomic E-state index is 0.691. The number of para-hydroxylation sites is 1. The lowest BCUT2D eigenvalue weighted by molar-refractivity contribution is 0.985. The van der Waals surface area contributed by atoms with E-state index in [4.69, 9.17) is 0 Å². The van der Waals surface area contributed by atoms with E-state index in [1.165, 1.54) is 16.5 Å². The average Bonchev–Trinajstić information content (AvgIpc) is 2.48. The van der Waals surface area contributed by atoms with Gasteiger partial charge in [0.25, 0.3) is 0 Å². The molecule has 0 radical (unpaired) electrons. The van der Waals surface area contributed by atoms with Gasteiger partial charge in [0.1, 0.15) is 0 Å². The van der Waals surface area contributed by atoms with Gasteiger partial charge in [0.15, 0.2) is 0 Å². The monoisotopic (exact) mass is 285 g/mol. The topological polar surface area (TPSA) is 15.8 Å². The van der Waals surface area contributed by atoms with Crippen molar-refractivity contribution in [2.24, 2.45) is 0 Å². The van der Waals surface area contributed by atoms with Crippen LogP contribution in [0.2, 0.25) is 0 Å². The molecule has 68 valence electrons. The molecule has 0 aliphatic rings. The number of alkyl halides is 1. The van der Waals surface area contributed by atoms with Crippen LogP contribution in [-0.2, 0) is 6.42 Å². The number of fused-ring (bicyclic) bond motifs is 1. The van der Waals surface area contributed by atoms with Crippen molar-refractivity contribution in [3.05, 3.63) is 36.0 Å². The van der Waals surface area contributed by atoms with Gasteiger partial charge in [0, 0.05) is 21.0 Å².